The zero-order valence-corrected chi connectivity index (χ0v) is 15.0. The average molecular weight is 364 g/mol. The van der Waals surface area contributed by atoms with E-state index >= 15 is 0 Å². The number of carbonyl (C=O) groups is 1. The molecule has 4 rings (SSSR count). The number of hydrogen-bond donors (Lipinski definition) is 1. The van der Waals surface area contributed by atoms with E-state index in [0.29, 0.717) is 22.9 Å². The fourth-order valence-corrected chi connectivity index (χ4v) is 3.25. The third kappa shape index (κ3) is 3.23. The molecule has 0 aliphatic heterocycles. The Kier molecular flexibility index (Phi) is 4.27. The number of primary amides is 1. The molecule has 1 aliphatic rings. The molecule has 1 aromatic carbocycles. The summed E-state index contributed by atoms with van der Waals surface area (Å²) >= 11 is 0. The first-order valence-electron chi connectivity index (χ1n) is 8.80. The highest BCUT2D eigenvalue weighted by Gasteiger charge is 2.25. The van der Waals surface area contributed by atoms with E-state index in [4.69, 9.17) is 10.5 Å². The number of amides is 1. The number of methoxy groups -OCH3 is 1. The number of pyridine rings is 1. The minimum absolute atomic E-state index is 0.160. The quantitative estimate of drug-likeness (QED) is 0.726. The van der Waals surface area contributed by atoms with Crippen molar-refractivity contribution < 1.29 is 9.53 Å². The van der Waals surface area contributed by atoms with E-state index in [-0.39, 0.29) is 16.9 Å². The van der Waals surface area contributed by atoms with Crippen LogP contribution in [-0.4, -0.2) is 27.4 Å². The monoisotopic (exact) mass is 364 g/mol. The van der Waals surface area contributed by atoms with Crippen molar-refractivity contribution in [3.63, 3.8) is 0 Å². The molecule has 7 heteroatoms. The number of nitrogens with two attached hydrogens (primary N) is 1. The largest absolute Gasteiger partial charge is 0.496 e. The van der Waals surface area contributed by atoms with Crippen molar-refractivity contribution in [2.45, 2.75) is 19.4 Å². The lowest BCUT2D eigenvalue weighted by Crippen LogP contribution is -2.25. The van der Waals surface area contributed by atoms with Gasteiger partial charge in [0.15, 0.2) is 0 Å². The first-order valence-corrected chi connectivity index (χ1v) is 8.80. The van der Waals surface area contributed by atoms with E-state index in [0.717, 1.165) is 6.54 Å². The van der Waals surface area contributed by atoms with Gasteiger partial charge in [0.2, 0.25) is 0 Å². The molecule has 0 radical (unpaired) electrons. The van der Waals surface area contributed by atoms with Gasteiger partial charge in [0.1, 0.15) is 11.3 Å². The molecular formula is C20H20N4O3. The number of ether oxygens (including phenoxy) is 1. The van der Waals surface area contributed by atoms with Crippen LogP contribution in [0.1, 0.15) is 23.2 Å². The van der Waals surface area contributed by atoms with Crippen molar-refractivity contribution >= 4 is 5.91 Å². The smallest absolute Gasteiger partial charge is 0.259 e. The van der Waals surface area contributed by atoms with Crippen LogP contribution in [0.5, 0.6) is 5.75 Å². The first kappa shape index (κ1) is 17.1. The molecule has 2 heterocycles. The Bertz CT molecular complexity index is 1050. The van der Waals surface area contributed by atoms with Crippen LogP contribution in [0.2, 0.25) is 0 Å². The summed E-state index contributed by atoms with van der Waals surface area (Å²) in [6.45, 7) is 0.828. The van der Waals surface area contributed by atoms with Crippen LogP contribution in [0.3, 0.4) is 0 Å². The molecule has 1 saturated carbocycles. The number of hydrogen-bond acceptors (Lipinski definition) is 4. The van der Waals surface area contributed by atoms with E-state index in [1.54, 1.807) is 6.20 Å². The van der Waals surface area contributed by atoms with Gasteiger partial charge in [0.25, 0.3) is 11.5 Å². The topological polar surface area (TPSA) is 92.1 Å². The maximum atomic E-state index is 12.9. The van der Waals surface area contributed by atoms with E-state index in [1.807, 2.05) is 41.2 Å². The summed E-state index contributed by atoms with van der Waals surface area (Å²) in [5.41, 5.74) is 7.18. The third-order valence-corrected chi connectivity index (χ3v) is 4.72. The Morgan fingerprint density at radius 3 is 2.67 bits per heavy atom. The van der Waals surface area contributed by atoms with Crippen LogP contribution in [-0.2, 0) is 6.54 Å². The molecule has 0 bridgehead atoms. The molecular weight excluding hydrogens is 344 g/mol. The van der Waals surface area contributed by atoms with Gasteiger partial charge in [-0.2, -0.15) is 5.10 Å². The van der Waals surface area contributed by atoms with E-state index < -0.39 is 5.91 Å². The summed E-state index contributed by atoms with van der Waals surface area (Å²) in [4.78, 5) is 25.1. The number of rotatable bonds is 6. The Hall–Kier alpha value is -3.35. The molecule has 0 spiro atoms. The summed E-state index contributed by atoms with van der Waals surface area (Å²) in [5, 5.41) is 4.38. The fourth-order valence-electron chi connectivity index (χ4n) is 3.25. The lowest BCUT2D eigenvalue weighted by molar-refractivity contribution is 0.0997. The Balaban J connectivity index is 1.97. The molecule has 7 nitrogen and oxygen atoms in total. The fraction of sp³-hybridized carbons (Fsp3) is 0.250. The summed E-state index contributed by atoms with van der Waals surface area (Å²) < 4.78 is 8.57. The van der Waals surface area contributed by atoms with E-state index in [2.05, 4.69) is 5.10 Å². The van der Waals surface area contributed by atoms with Crippen LogP contribution in [0.25, 0.3) is 16.9 Å². The van der Waals surface area contributed by atoms with Crippen molar-refractivity contribution in [1.29, 1.82) is 0 Å². The van der Waals surface area contributed by atoms with Crippen molar-refractivity contribution in [2.75, 3.05) is 7.11 Å². The van der Waals surface area contributed by atoms with Crippen LogP contribution in [0, 0.1) is 5.92 Å². The third-order valence-electron chi connectivity index (χ3n) is 4.72. The molecule has 0 unspecified atom stereocenters. The highest BCUT2D eigenvalue weighted by Crippen LogP contribution is 2.32. The summed E-state index contributed by atoms with van der Waals surface area (Å²) in [6.07, 6.45) is 5.87. The highest BCUT2D eigenvalue weighted by molar-refractivity contribution is 6.02. The lowest BCUT2D eigenvalue weighted by Gasteiger charge is -2.17. The Morgan fingerprint density at radius 2 is 2.04 bits per heavy atom. The predicted octanol–water partition coefficient (Wildman–Crippen LogP) is 2.22. The minimum Gasteiger partial charge on any atom is -0.496 e. The van der Waals surface area contributed by atoms with Crippen LogP contribution in [0.4, 0.5) is 0 Å². The summed E-state index contributed by atoms with van der Waals surface area (Å²) in [6, 6.07) is 10.5. The van der Waals surface area contributed by atoms with Gasteiger partial charge < -0.3 is 10.5 Å². The molecule has 1 aliphatic carbocycles. The van der Waals surface area contributed by atoms with Crippen molar-refractivity contribution in [3.05, 3.63) is 64.7 Å². The minimum atomic E-state index is -0.662. The molecule has 2 N–H and O–H groups in total. The second-order valence-electron chi connectivity index (χ2n) is 6.70. The van der Waals surface area contributed by atoms with Crippen LogP contribution in [0.15, 0.2) is 53.6 Å². The molecule has 2 aromatic heterocycles. The molecule has 0 saturated heterocycles. The van der Waals surface area contributed by atoms with Gasteiger partial charge in [-0.15, -0.1) is 0 Å². The van der Waals surface area contributed by atoms with Gasteiger partial charge in [-0.3, -0.25) is 18.8 Å². The maximum absolute atomic E-state index is 12.9. The molecule has 0 atom stereocenters. The zero-order chi connectivity index (χ0) is 19.0. The number of benzene rings is 1. The molecule has 27 heavy (non-hydrogen) atoms. The second-order valence-corrected chi connectivity index (χ2v) is 6.70. The summed E-state index contributed by atoms with van der Waals surface area (Å²) in [7, 11) is 1.41. The molecule has 1 fully saturated rings. The molecule has 1 amide bonds. The Labute approximate surface area is 156 Å². The zero-order valence-electron chi connectivity index (χ0n) is 15.0. The Morgan fingerprint density at radius 1 is 1.30 bits per heavy atom. The van der Waals surface area contributed by atoms with Crippen molar-refractivity contribution in [3.8, 4) is 22.7 Å². The van der Waals surface area contributed by atoms with Gasteiger partial charge >= 0.3 is 0 Å². The van der Waals surface area contributed by atoms with E-state index in [1.165, 1.54) is 30.6 Å². The summed E-state index contributed by atoms with van der Waals surface area (Å²) in [5.74, 6) is 0.151. The van der Waals surface area contributed by atoms with Gasteiger partial charge in [0, 0.05) is 18.8 Å². The lowest BCUT2D eigenvalue weighted by atomic mass is 10.0. The standard InChI is InChI=1S/C20H20N4O3/c1-27-16-9-17(25)24(15-10-22-23(12-15)11-13-7-8-13)19(18(16)20(21)26)14-5-3-2-4-6-14/h2-6,9-10,12-13H,7-8,11H2,1H3,(H2,21,26). The molecule has 3 aromatic rings. The van der Waals surface area contributed by atoms with Crippen molar-refractivity contribution in [1.82, 2.24) is 14.3 Å². The number of nitrogens with zero attached hydrogens (tertiary/aromatic N) is 3. The average Bonchev–Trinajstić information content (AvgIpc) is 3.36. The number of aromatic nitrogens is 3. The molecule has 138 valence electrons. The first-order chi connectivity index (χ1) is 13.1. The van der Waals surface area contributed by atoms with Crippen molar-refractivity contribution in [2.24, 2.45) is 11.7 Å². The van der Waals surface area contributed by atoms with Crippen LogP contribution < -0.4 is 16.0 Å². The predicted molar refractivity (Wildman–Crippen MR) is 101 cm³/mol. The SMILES string of the molecule is COc1cc(=O)n(-c2cnn(CC3CC3)c2)c(-c2ccccc2)c1C(N)=O. The highest BCUT2D eigenvalue weighted by atomic mass is 16.5. The van der Waals surface area contributed by atoms with E-state index in [9.17, 15) is 9.59 Å². The van der Waals surface area contributed by atoms with Gasteiger partial charge in [-0.05, 0) is 24.3 Å². The van der Waals surface area contributed by atoms with Gasteiger partial charge in [0.05, 0.1) is 24.7 Å². The van der Waals surface area contributed by atoms with Gasteiger partial charge in [-0.25, -0.2) is 0 Å². The van der Waals surface area contributed by atoms with Crippen LogP contribution >= 0.6 is 0 Å². The van der Waals surface area contributed by atoms with Gasteiger partial charge in [-0.1, -0.05) is 30.3 Å². The second kappa shape index (κ2) is 6.75. The maximum Gasteiger partial charge on any atom is 0.259 e. The normalized spacial score (nSPS) is 13.5. The number of carbonyl (C=O) groups excluding carboxylic acids is 1.